The standard InChI is InChI=1S/C20H20N2O2.C6H11N.C3H6.C2H6/c1-14-6-8-17(9-7-14)22-18(10-11-21-22)13-19(20(23)24)16-5-3-4-15(2)12-16;1-5-6(2)7(3)4;1-3-2;1-2/h3-12,19H,13H2,1-2H3,(H,23,24);5H,1-2H2,3-4H3;3H,1H2,2H3;1-2H3. The number of rotatable bonds is 7. The second-order valence-corrected chi connectivity index (χ2v) is 8.08. The molecule has 0 radical (unpaired) electrons. The lowest BCUT2D eigenvalue weighted by Crippen LogP contribution is -2.16. The van der Waals surface area contributed by atoms with Crippen LogP contribution in [-0.4, -0.2) is 39.9 Å². The summed E-state index contributed by atoms with van der Waals surface area (Å²) in [5.41, 5.74) is 5.82. The number of likely N-dealkylation sites (N-methyl/N-ethyl adjacent to an activating group) is 1. The summed E-state index contributed by atoms with van der Waals surface area (Å²) >= 11 is 0. The van der Waals surface area contributed by atoms with Gasteiger partial charge in [-0.1, -0.05) is 80.6 Å². The van der Waals surface area contributed by atoms with E-state index >= 15 is 0 Å². The van der Waals surface area contributed by atoms with E-state index in [1.165, 1.54) is 5.56 Å². The fourth-order valence-electron chi connectivity index (χ4n) is 3.03. The second kappa shape index (κ2) is 17.6. The highest BCUT2D eigenvalue weighted by Gasteiger charge is 2.22. The van der Waals surface area contributed by atoms with Crippen molar-refractivity contribution < 1.29 is 9.90 Å². The van der Waals surface area contributed by atoms with E-state index in [-0.39, 0.29) is 0 Å². The maximum atomic E-state index is 11.8. The highest BCUT2D eigenvalue weighted by Crippen LogP contribution is 2.23. The van der Waals surface area contributed by atoms with Crippen LogP contribution in [0.25, 0.3) is 5.69 Å². The number of aromatic nitrogens is 2. The molecule has 0 amide bonds. The normalized spacial score (nSPS) is 10.1. The van der Waals surface area contributed by atoms with E-state index in [0.29, 0.717) is 6.42 Å². The van der Waals surface area contributed by atoms with Gasteiger partial charge in [0.05, 0.1) is 11.6 Å². The lowest BCUT2D eigenvalue weighted by Gasteiger charge is -2.15. The number of benzene rings is 2. The molecule has 5 nitrogen and oxygen atoms in total. The zero-order valence-electron chi connectivity index (χ0n) is 23.0. The van der Waals surface area contributed by atoms with Gasteiger partial charge in [0.25, 0.3) is 0 Å². The van der Waals surface area contributed by atoms with E-state index in [9.17, 15) is 9.90 Å². The van der Waals surface area contributed by atoms with Gasteiger partial charge in [-0.15, -0.1) is 6.58 Å². The molecule has 3 rings (SSSR count). The van der Waals surface area contributed by atoms with Crippen molar-refractivity contribution in [3.05, 3.63) is 121 Å². The molecule has 0 saturated carbocycles. The third kappa shape index (κ3) is 11.0. The van der Waals surface area contributed by atoms with E-state index in [1.807, 2.05) is 113 Å². The van der Waals surface area contributed by atoms with E-state index in [2.05, 4.69) is 24.8 Å². The van der Waals surface area contributed by atoms with Gasteiger partial charge in [0, 0.05) is 38.1 Å². The van der Waals surface area contributed by atoms with Gasteiger partial charge in [-0.25, -0.2) is 4.68 Å². The van der Waals surface area contributed by atoms with Crippen LogP contribution in [0.4, 0.5) is 0 Å². The van der Waals surface area contributed by atoms with Crippen molar-refractivity contribution in [2.75, 3.05) is 14.1 Å². The van der Waals surface area contributed by atoms with Gasteiger partial charge in [-0.3, -0.25) is 4.79 Å². The molecule has 0 bridgehead atoms. The van der Waals surface area contributed by atoms with Gasteiger partial charge < -0.3 is 10.0 Å². The number of carbonyl (C=O) groups is 1. The van der Waals surface area contributed by atoms with Gasteiger partial charge in [-0.05, 0) is 50.6 Å². The highest BCUT2D eigenvalue weighted by molar-refractivity contribution is 5.76. The first-order valence-electron chi connectivity index (χ1n) is 12.1. The molecule has 2 aromatic carbocycles. The molecule has 36 heavy (non-hydrogen) atoms. The Kier molecular flexibility index (Phi) is 15.7. The summed E-state index contributed by atoms with van der Waals surface area (Å²) in [6.07, 6.45) is 5.58. The average Bonchev–Trinajstić information content (AvgIpc) is 3.32. The highest BCUT2D eigenvalue weighted by atomic mass is 16.4. The number of carboxylic acids is 1. The topological polar surface area (TPSA) is 58.4 Å². The van der Waals surface area contributed by atoms with E-state index in [1.54, 1.807) is 18.3 Å². The first kappa shape index (κ1) is 32.1. The maximum absolute atomic E-state index is 11.8. The molecular weight excluding hydrogens is 446 g/mol. The monoisotopic (exact) mass is 489 g/mol. The molecule has 1 atom stereocenters. The second-order valence-electron chi connectivity index (χ2n) is 8.08. The number of hydrogen-bond acceptors (Lipinski definition) is 3. The Morgan fingerprint density at radius 1 is 1.06 bits per heavy atom. The average molecular weight is 490 g/mol. The number of aryl methyl sites for hydroxylation is 2. The Morgan fingerprint density at radius 2 is 1.64 bits per heavy atom. The zero-order valence-corrected chi connectivity index (χ0v) is 23.0. The largest absolute Gasteiger partial charge is 0.481 e. The molecular formula is C31H43N3O2. The summed E-state index contributed by atoms with van der Waals surface area (Å²) in [5, 5.41) is 14.0. The van der Waals surface area contributed by atoms with Gasteiger partial charge in [-0.2, -0.15) is 5.10 Å². The predicted molar refractivity (Wildman–Crippen MR) is 154 cm³/mol. The van der Waals surface area contributed by atoms with Crippen molar-refractivity contribution in [3.63, 3.8) is 0 Å². The first-order chi connectivity index (χ1) is 17.1. The fourth-order valence-corrected chi connectivity index (χ4v) is 3.03. The number of hydrogen-bond donors (Lipinski definition) is 1. The van der Waals surface area contributed by atoms with Gasteiger partial charge in [0.1, 0.15) is 0 Å². The molecule has 0 spiro atoms. The van der Waals surface area contributed by atoms with Crippen LogP contribution >= 0.6 is 0 Å². The van der Waals surface area contributed by atoms with Crippen LogP contribution in [0.2, 0.25) is 0 Å². The zero-order chi connectivity index (χ0) is 27.7. The third-order valence-corrected chi connectivity index (χ3v) is 4.97. The van der Waals surface area contributed by atoms with E-state index < -0.39 is 11.9 Å². The molecule has 1 aromatic heterocycles. The summed E-state index contributed by atoms with van der Waals surface area (Å²) in [7, 11) is 3.87. The Bertz CT molecular complexity index is 1080. The van der Waals surface area contributed by atoms with Gasteiger partial charge in [0.2, 0.25) is 0 Å². The first-order valence-corrected chi connectivity index (χ1v) is 12.1. The predicted octanol–water partition coefficient (Wildman–Crippen LogP) is 7.37. The van der Waals surface area contributed by atoms with Crippen LogP contribution in [0.15, 0.2) is 98.4 Å². The Morgan fingerprint density at radius 3 is 2.08 bits per heavy atom. The van der Waals surface area contributed by atoms with Crippen LogP contribution < -0.4 is 0 Å². The van der Waals surface area contributed by atoms with Gasteiger partial charge >= 0.3 is 5.97 Å². The Labute approximate surface area is 218 Å². The van der Waals surface area contributed by atoms with E-state index in [0.717, 1.165) is 28.2 Å². The fraction of sp³-hybridized carbons (Fsp3) is 0.290. The Balaban J connectivity index is 0.000000862. The van der Waals surface area contributed by atoms with E-state index in [4.69, 9.17) is 0 Å². The maximum Gasteiger partial charge on any atom is 0.311 e. The van der Waals surface area contributed by atoms with Crippen molar-refractivity contribution in [1.29, 1.82) is 0 Å². The summed E-state index contributed by atoms with van der Waals surface area (Å²) < 4.78 is 1.81. The number of allylic oxidation sites excluding steroid dienone is 2. The van der Waals surface area contributed by atoms with Crippen LogP contribution in [0.5, 0.6) is 0 Å². The third-order valence-electron chi connectivity index (χ3n) is 4.97. The number of nitrogens with zero attached hydrogens (tertiary/aromatic N) is 3. The van der Waals surface area contributed by atoms with Crippen molar-refractivity contribution in [1.82, 2.24) is 14.7 Å². The molecule has 0 aliphatic rings. The van der Waals surface area contributed by atoms with Crippen molar-refractivity contribution >= 4 is 5.97 Å². The molecule has 0 aliphatic carbocycles. The smallest absolute Gasteiger partial charge is 0.311 e. The summed E-state index contributed by atoms with van der Waals surface area (Å²) in [4.78, 5) is 13.7. The minimum absolute atomic E-state index is 0.395. The van der Waals surface area contributed by atoms with Crippen LogP contribution in [0.1, 0.15) is 49.1 Å². The van der Waals surface area contributed by atoms with Crippen molar-refractivity contribution in [2.24, 2.45) is 0 Å². The lowest BCUT2D eigenvalue weighted by molar-refractivity contribution is -0.138. The van der Waals surface area contributed by atoms with Crippen LogP contribution in [0, 0.1) is 13.8 Å². The minimum atomic E-state index is -0.822. The Hall–Kier alpha value is -3.86. The molecule has 194 valence electrons. The summed E-state index contributed by atoms with van der Waals surface area (Å²) in [6, 6.07) is 17.6. The minimum Gasteiger partial charge on any atom is -0.481 e. The molecule has 3 aromatic rings. The summed E-state index contributed by atoms with van der Waals surface area (Å²) in [5.74, 6) is -1.41. The quantitative estimate of drug-likeness (QED) is 0.278. The molecule has 0 fully saturated rings. The summed E-state index contributed by atoms with van der Waals surface area (Å²) in [6.45, 7) is 20.5. The molecule has 1 heterocycles. The van der Waals surface area contributed by atoms with Gasteiger partial charge in [0.15, 0.2) is 0 Å². The molecule has 0 saturated heterocycles. The van der Waals surface area contributed by atoms with Crippen molar-refractivity contribution in [3.8, 4) is 5.69 Å². The van der Waals surface area contributed by atoms with Crippen LogP contribution in [0.3, 0.4) is 0 Å². The molecule has 1 N–H and O–H groups in total. The van der Waals surface area contributed by atoms with Crippen molar-refractivity contribution in [2.45, 2.75) is 47.0 Å². The lowest BCUT2D eigenvalue weighted by atomic mass is 9.93. The molecule has 0 aliphatic heterocycles. The number of carboxylic acid groups (broad SMARTS) is 1. The van der Waals surface area contributed by atoms with Crippen LogP contribution in [-0.2, 0) is 11.2 Å². The molecule has 1 unspecified atom stereocenters. The SMILES string of the molecule is C=CC.C=CC(=C)N(C)C.CC.Cc1ccc(-n2nccc2CC(C(=O)O)c2cccc(C)c2)cc1. The molecule has 5 heteroatoms. The number of aliphatic carboxylic acids is 1.